The summed E-state index contributed by atoms with van der Waals surface area (Å²) in [5.41, 5.74) is -1.15. The van der Waals surface area contributed by atoms with Crippen molar-refractivity contribution in [3.05, 3.63) is 0 Å². The van der Waals surface area contributed by atoms with Gasteiger partial charge in [0, 0.05) is 20.6 Å². The summed E-state index contributed by atoms with van der Waals surface area (Å²) in [6.45, 7) is 2.13. The molecule has 0 radical (unpaired) electrons. The van der Waals surface area contributed by atoms with Gasteiger partial charge in [-0.3, -0.25) is 9.80 Å². The van der Waals surface area contributed by atoms with Crippen LogP contribution in [0.3, 0.4) is 0 Å². The van der Waals surface area contributed by atoms with Gasteiger partial charge in [-0.05, 0) is 6.42 Å². The first-order chi connectivity index (χ1) is 5.80. The Hall–Kier alpha value is -0.420. The van der Waals surface area contributed by atoms with E-state index in [1.807, 2.05) is 6.92 Å². The fraction of sp³-hybridized carbons (Fsp3) is 0.833. The summed E-state index contributed by atoms with van der Waals surface area (Å²) in [7, 11) is -1.53. The largest absolute Gasteiger partial charge is 0.414 e. The van der Waals surface area contributed by atoms with Crippen LogP contribution in [0, 0.1) is 0 Å². The lowest BCUT2D eigenvalue weighted by atomic mass is 10.5. The van der Waals surface area contributed by atoms with E-state index in [4.69, 9.17) is 9.79 Å². The molecule has 6 nitrogen and oxygen atoms in total. The van der Waals surface area contributed by atoms with Crippen molar-refractivity contribution < 1.29 is 19.1 Å². The first-order valence-corrected chi connectivity index (χ1v) is 5.46. The topological polar surface area (TPSA) is 81.1 Å². The molecule has 2 N–H and O–H groups in total. The van der Waals surface area contributed by atoms with Crippen LogP contribution in [-0.4, -0.2) is 46.1 Å². The van der Waals surface area contributed by atoms with E-state index >= 15 is 0 Å². The molecule has 78 valence electrons. The van der Waals surface area contributed by atoms with Crippen molar-refractivity contribution in [1.29, 1.82) is 0 Å². The summed E-state index contributed by atoms with van der Waals surface area (Å²) in [6, 6.07) is 0. The molecule has 1 amide bonds. The van der Waals surface area contributed by atoms with Crippen molar-refractivity contribution in [2.45, 2.75) is 13.3 Å². The fourth-order valence-electron chi connectivity index (χ4n) is 0.829. The van der Waals surface area contributed by atoms with Crippen molar-refractivity contribution in [2.75, 3.05) is 20.6 Å². The lowest BCUT2D eigenvalue weighted by molar-refractivity contribution is 0.0740. The van der Waals surface area contributed by atoms with Gasteiger partial charge < -0.3 is 9.79 Å². The third-order valence-corrected chi connectivity index (χ3v) is 2.12. The fourth-order valence-corrected chi connectivity index (χ4v) is 1.41. The molecule has 0 fully saturated rings. The Morgan fingerprint density at radius 3 is 2.08 bits per heavy atom. The van der Waals surface area contributed by atoms with E-state index in [1.165, 1.54) is 5.01 Å². The standard InChI is InChI=1S/C6H15N2O4P/c1-4-5-8(7(2)3)6(9)13(10,11)12/h4-5H2,1-3H3,(H2,10,11,12). The van der Waals surface area contributed by atoms with Crippen LogP contribution in [0.5, 0.6) is 0 Å². The van der Waals surface area contributed by atoms with Crippen LogP contribution < -0.4 is 0 Å². The Bertz CT molecular complexity index is 225. The Morgan fingerprint density at radius 1 is 1.38 bits per heavy atom. The highest BCUT2D eigenvalue weighted by atomic mass is 31.2. The van der Waals surface area contributed by atoms with Gasteiger partial charge in [0.1, 0.15) is 0 Å². The molecular formula is C6H15N2O4P. The SMILES string of the molecule is CCCN(C(=O)P(=O)(O)O)N(C)C. The molecule has 7 heteroatoms. The van der Waals surface area contributed by atoms with Gasteiger partial charge in [0.05, 0.1) is 0 Å². The number of hydrazine groups is 1. The van der Waals surface area contributed by atoms with Crippen LogP contribution in [-0.2, 0) is 4.57 Å². The number of hydrogen-bond donors (Lipinski definition) is 2. The molecule has 0 saturated carbocycles. The quantitative estimate of drug-likeness (QED) is 0.520. The van der Waals surface area contributed by atoms with E-state index in [-0.39, 0.29) is 0 Å². The molecule has 0 heterocycles. The summed E-state index contributed by atoms with van der Waals surface area (Å²) in [4.78, 5) is 28.4. The molecule has 0 rings (SSSR count). The molecule has 0 bridgehead atoms. The van der Waals surface area contributed by atoms with E-state index in [1.54, 1.807) is 14.1 Å². The summed E-state index contributed by atoms with van der Waals surface area (Å²) in [5.74, 6) is 0. The minimum Gasteiger partial charge on any atom is -0.318 e. The number of carbonyl (C=O) groups excluding carboxylic acids is 1. The van der Waals surface area contributed by atoms with Gasteiger partial charge in [-0.25, -0.2) is 9.57 Å². The minimum absolute atomic E-state index is 0.303. The average molecular weight is 210 g/mol. The van der Waals surface area contributed by atoms with Crippen LogP contribution in [0.1, 0.15) is 13.3 Å². The predicted molar refractivity (Wildman–Crippen MR) is 48.1 cm³/mol. The maximum absolute atomic E-state index is 11.1. The van der Waals surface area contributed by atoms with Crippen LogP contribution in [0.25, 0.3) is 0 Å². The van der Waals surface area contributed by atoms with E-state index in [0.717, 1.165) is 5.01 Å². The molecule has 0 aromatic carbocycles. The second-order valence-corrected chi connectivity index (χ2v) is 4.27. The lowest BCUT2D eigenvalue weighted by Crippen LogP contribution is -2.41. The monoisotopic (exact) mass is 210 g/mol. The van der Waals surface area contributed by atoms with Gasteiger partial charge in [0.15, 0.2) is 0 Å². The summed E-state index contributed by atoms with van der Waals surface area (Å²) >= 11 is 0. The van der Waals surface area contributed by atoms with Gasteiger partial charge in [0.25, 0.3) is 0 Å². The zero-order chi connectivity index (χ0) is 10.6. The van der Waals surface area contributed by atoms with Crippen molar-refractivity contribution in [3.63, 3.8) is 0 Å². The van der Waals surface area contributed by atoms with Gasteiger partial charge in [-0.15, -0.1) is 0 Å². The third kappa shape index (κ3) is 3.87. The molecule has 13 heavy (non-hydrogen) atoms. The third-order valence-electron chi connectivity index (χ3n) is 1.39. The van der Waals surface area contributed by atoms with Gasteiger partial charge in [-0.2, -0.15) is 0 Å². The number of rotatable bonds is 4. The van der Waals surface area contributed by atoms with Crippen LogP contribution >= 0.6 is 7.60 Å². The molecule has 0 aromatic rings. The molecule has 0 aliphatic heterocycles. The van der Waals surface area contributed by atoms with E-state index in [0.29, 0.717) is 13.0 Å². The Labute approximate surface area is 77.3 Å². The number of hydrogen-bond acceptors (Lipinski definition) is 3. The zero-order valence-electron chi connectivity index (χ0n) is 7.97. The number of carbonyl (C=O) groups is 1. The highest BCUT2D eigenvalue weighted by Crippen LogP contribution is 2.38. The summed E-state index contributed by atoms with van der Waals surface area (Å²) in [5, 5.41) is 2.39. The zero-order valence-corrected chi connectivity index (χ0v) is 8.86. The second-order valence-electron chi connectivity index (χ2n) is 2.80. The maximum atomic E-state index is 11.1. The van der Waals surface area contributed by atoms with Crippen molar-refractivity contribution in [1.82, 2.24) is 10.0 Å². The average Bonchev–Trinajstić information content (AvgIpc) is 1.96. The van der Waals surface area contributed by atoms with Gasteiger partial charge >= 0.3 is 13.2 Å². The van der Waals surface area contributed by atoms with E-state index in [2.05, 4.69) is 0 Å². The lowest BCUT2D eigenvalue weighted by Gasteiger charge is -2.28. The second kappa shape index (κ2) is 4.72. The molecule has 0 aromatic heterocycles. The predicted octanol–water partition coefficient (Wildman–Crippen LogP) is 0.473. The first-order valence-electron chi connectivity index (χ1n) is 3.85. The summed E-state index contributed by atoms with van der Waals surface area (Å²) < 4.78 is 10.6. The molecule has 0 atom stereocenters. The minimum atomic E-state index is -4.65. The van der Waals surface area contributed by atoms with Crippen molar-refractivity contribution in [2.24, 2.45) is 0 Å². The van der Waals surface area contributed by atoms with E-state index < -0.39 is 13.2 Å². The van der Waals surface area contributed by atoms with Gasteiger partial charge in [-0.1, -0.05) is 6.92 Å². The van der Waals surface area contributed by atoms with Crippen molar-refractivity contribution in [3.8, 4) is 0 Å². The van der Waals surface area contributed by atoms with Crippen LogP contribution in [0.2, 0.25) is 0 Å². The highest BCUT2D eigenvalue weighted by molar-refractivity contribution is 7.69. The summed E-state index contributed by atoms with van der Waals surface area (Å²) in [6.07, 6.45) is 0.643. The number of nitrogens with zero attached hydrogens (tertiary/aromatic N) is 2. The van der Waals surface area contributed by atoms with Crippen LogP contribution in [0.4, 0.5) is 4.79 Å². The van der Waals surface area contributed by atoms with Crippen molar-refractivity contribution >= 4 is 13.2 Å². The highest BCUT2D eigenvalue weighted by Gasteiger charge is 2.32. The normalized spacial score (nSPS) is 11.8. The molecule has 0 saturated heterocycles. The molecule has 0 spiro atoms. The molecular weight excluding hydrogens is 195 g/mol. The Kier molecular flexibility index (Phi) is 4.56. The first kappa shape index (κ1) is 12.6. The molecule has 0 unspecified atom stereocenters. The number of amides is 1. The molecule has 0 aliphatic rings. The maximum Gasteiger partial charge on any atom is 0.414 e. The Morgan fingerprint density at radius 2 is 1.85 bits per heavy atom. The van der Waals surface area contributed by atoms with Gasteiger partial charge in [0.2, 0.25) is 0 Å². The Balaban J connectivity index is 4.57. The van der Waals surface area contributed by atoms with Crippen LogP contribution in [0.15, 0.2) is 0 Å². The van der Waals surface area contributed by atoms with E-state index in [9.17, 15) is 9.36 Å². The smallest absolute Gasteiger partial charge is 0.318 e. The molecule has 0 aliphatic carbocycles.